The Hall–Kier alpha value is -1.83. The van der Waals surface area contributed by atoms with Gasteiger partial charge in [0.2, 0.25) is 0 Å². The van der Waals surface area contributed by atoms with Crippen LogP contribution < -0.4 is 0 Å². The minimum Gasteiger partial charge on any atom is -0.508 e. The Bertz CT molecular complexity index is 543. The lowest BCUT2D eigenvalue weighted by molar-refractivity contribution is 0.514. The summed E-state index contributed by atoms with van der Waals surface area (Å²) in [5.74, 6) is 0.506. The summed E-state index contributed by atoms with van der Waals surface area (Å²) in [6.07, 6.45) is 1.78. The van der Waals surface area contributed by atoms with E-state index in [0.717, 1.165) is 10.9 Å². The molecule has 16 heavy (non-hydrogen) atoms. The molecule has 0 aliphatic heterocycles. The van der Waals surface area contributed by atoms with Crippen LogP contribution in [0.2, 0.25) is 0 Å². The average molecular weight is 213 g/mol. The van der Waals surface area contributed by atoms with Crippen LogP contribution in [0.15, 0.2) is 37.0 Å². The molecule has 2 nitrogen and oxygen atoms in total. The van der Waals surface area contributed by atoms with Gasteiger partial charge >= 0.3 is 0 Å². The molecule has 1 N–H and O–H groups in total. The maximum atomic E-state index is 9.52. The molecular weight excluding hydrogens is 198 g/mol. The van der Waals surface area contributed by atoms with Gasteiger partial charge in [0.1, 0.15) is 5.76 Å². The van der Waals surface area contributed by atoms with Crippen molar-refractivity contribution in [3.05, 3.63) is 48.2 Å². The molecule has 0 spiro atoms. The summed E-state index contributed by atoms with van der Waals surface area (Å²) < 4.78 is 0. The topological polar surface area (TPSA) is 33.1 Å². The lowest BCUT2D eigenvalue weighted by Crippen LogP contribution is -1.94. The molecule has 0 bridgehead atoms. The summed E-state index contributed by atoms with van der Waals surface area (Å²) in [5.41, 5.74) is 2.77. The largest absolute Gasteiger partial charge is 0.508 e. The van der Waals surface area contributed by atoms with Gasteiger partial charge in [0.25, 0.3) is 0 Å². The Morgan fingerprint density at radius 2 is 2.06 bits per heavy atom. The van der Waals surface area contributed by atoms with Crippen LogP contribution in [0.5, 0.6) is 0 Å². The Labute approximate surface area is 95.3 Å². The number of aromatic nitrogens is 1. The van der Waals surface area contributed by atoms with E-state index in [-0.39, 0.29) is 5.76 Å². The van der Waals surface area contributed by atoms with E-state index < -0.39 is 0 Å². The van der Waals surface area contributed by atoms with Crippen LogP contribution in [-0.4, -0.2) is 10.1 Å². The zero-order chi connectivity index (χ0) is 11.7. The molecule has 0 unspecified atom stereocenters. The highest BCUT2D eigenvalue weighted by Crippen LogP contribution is 2.27. The Morgan fingerprint density at radius 1 is 1.31 bits per heavy atom. The van der Waals surface area contributed by atoms with Crippen molar-refractivity contribution in [1.29, 1.82) is 0 Å². The predicted octanol–water partition coefficient (Wildman–Crippen LogP) is 3.89. The summed E-state index contributed by atoms with van der Waals surface area (Å²) in [7, 11) is 0. The molecule has 0 atom stereocenters. The van der Waals surface area contributed by atoms with Crippen LogP contribution in [0.4, 0.5) is 0 Å². The minimum absolute atomic E-state index is 0.0685. The van der Waals surface area contributed by atoms with E-state index in [1.54, 1.807) is 6.20 Å². The molecule has 2 rings (SSSR count). The molecule has 1 heterocycles. The van der Waals surface area contributed by atoms with Crippen molar-refractivity contribution in [2.45, 2.75) is 19.8 Å². The molecule has 0 aliphatic carbocycles. The van der Waals surface area contributed by atoms with Crippen LogP contribution in [0.25, 0.3) is 16.7 Å². The van der Waals surface area contributed by atoms with E-state index in [9.17, 15) is 5.11 Å². The van der Waals surface area contributed by atoms with E-state index in [0.29, 0.717) is 11.5 Å². The fourth-order valence-electron chi connectivity index (χ4n) is 1.93. The first-order valence-corrected chi connectivity index (χ1v) is 5.37. The van der Waals surface area contributed by atoms with Crippen LogP contribution in [0.3, 0.4) is 0 Å². The summed E-state index contributed by atoms with van der Waals surface area (Å²) >= 11 is 0. The third kappa shape index (κ3) is 1.67. The highest BCUT2D eigenvalue weighted by atomic mass is 16.3. The first kappa shape index (κ1) is 10.7. The molecule has 0 aliphatic rings. The number of fused-ring (bicyclic) bond motifs is 1. The molecule has 2 heteroatoms. The Balaban J connectivity index is 2.81. The molecule has 82 valence electrons. The number of rotatable bonds is 2. The van der Waals surface area contributed by atoms with Crippen molar-refractivity contribution in [1.82, 2.24) is 4.98 Å². The quantitative estimate of drug-likeness (QED) is 0.768. The summed E-state index contributed by atoms with van der Waals surface area (Å²) in [6, 6.07) is 7.81. The van der Waals surface area contributed by atoms with Crippen LogP contribution in [0.1, 0.15) is 30.9 Å². The maximum absolute atomic E-state index is 9.52. The minimum atomic E-state index is 0.0685. The number of hydrogen-bond acceptors (Lipinski definition) is 2. The van der Waals surface area contributed by atoms with E-state index in [1.807, 2.05) is 24.3 Å². The van der Waals surface area contributed by atoms with Crippen LogP contribution >= 0.6 is 0 Å². The van der Waals surface area contributed by atoms with Gasteiger partial charge in [-0.15, -0.1) is 0 Å². The Kier molecular flexibility index (Phi) is 2.65. The van der Waals surface area contributed by atoms with Crippen molar-refractivity contribution in [2.24, 2.45) is 0 Å². The van der Waals surface area contributed by atoms with Gasteiger partial charge < -0.3 is 5.11 Å². The normalized spacial score (nSPS) is 10.9. The third-order valence-electron chi connectivity index (χ3n) is 2.74. The number of aliphatic hydroxyl groups excluding tert-OH is 1. The van der Waals surface area contributed by atoms with Crippen molar-refractivity contribution in [3.8, 4) is 0 Å². The van der Waals surface area contributed by atoms with Gasteiger partial charge in [-0.05, 0) is 23.6 Å². The van der Waals surface area contributed by atoms with Crippen molar-refractivity contribution >= 4 is 16.7 Å². The summed E-state index contributed by atoms with van der Waals surface area (Å²) in [6.45, 7) is 7.86. The van der Waals surface area contributed by atoms with Gasteiger partial charge in [-0.2, -0.15) is 0 Å². The van der Waals surface area contributed by atoms with Crippen molar-refractivity contribution < 1.29 is 5.11 Å². The summed E-state index contributed by atoms with van der Waals surface area (Å²) in [4.78, 5) is 4.32. The van der Waals surface area contributed by atoms with Crippen molar-refractivity contribution in [3.63, 3.8) is 0 Å². The van der Waals surface area contributed by atoms with E-state index >= 15 is 0 Å². The number of pyridine rings is 1. The molecule has 0 saturated heterocycles. The first-order valence-electron chi connectivity index (χ1n) is 5.37. The molecule has 0 radical (unpaired) electrons. The number of para-hydroxylation sites is 1. The van der Waals surface area contributed by atoms with Gasteiger partial charge in [-0.1, -0.05) is 32.6 Å². The fraction of sp³-hybridized carbons (Fsp3) is 0.214. The van der Waals surface area contributed by atoms with Gasteiger partial charge in [0, 0.05) is 17.1 Å². The molecule has 0 amide bonds. The van der Waals surface area contributed by atoms with Gasteiger partial charge in [-0.3, -0.25) is 4.98 Å². The highest BCUT2D eigenvalue weighted by Gasteiger charge is 2.09. The van der Waals surface area contributed by atoms with Gasteiger partial charge in [0.15, 0.2) is 0 Å². The number of aliphatic hydroxyl groups is 1. The smallest absolute Gasteiger partial charge is 0.117 e. The monoisotopic (exact) mass is 213 g/mol. The SMILES string of the molecule is C=C(O)c1cccc2c(C(C)C)ccnc12. The maximum Gasteiger partial charge on any atom is 0.117 e. The first-order chi connectivity index (χ1) is 7.61. The fourth-order valence-corrected chi connectivity index (χ4v) is 1.93. The number of nitrogens with zero attached hydrogens (tertiary/aromatic N) is 1. The van der Waals surface area contributed by atoms with Gasteiger partial charge in [-0.25, -0.2) is 0 Å². The second-order valence-corrected chi connectivity index (χ2v) is 4.20. The molecule has 1 aromatic carbocycles. The average Bonchev–Trinajstić information content (AvgIpc) is 2.27. The molecule has 0 saturated carbocycles. The second kappa shape index (κ2) is 3.97. The standard InChI is InChI=1S/C14H15NO/c1-9(2)11-7-8-15-14-12(10(3)16)5-4-6-13(11)14/h4-9,16H,3H2,1-2H3. The molecular formula is C14H15NO. The third-order valence-corrected chi connectivity index (χ3v) is 2.74. The van der Waals surface area contributed by atoms with E-state index in [4.69, 9.17) is 0 Å². The van der Waals surface area contributed by atoms with Crippen molar-refractivity contribution in [2.75, 3.05) is 0 Å². The lowest BCUT2D eigenvalue weighted by atomic mass is 9.97. The zero-order valence-electron chi connectivity index (χ0n) is 9.57. The second-order valence-electron chi connectivity index (χ2n) is 4.20. The Morgan fingerprint density at radius 3 is 2.69 bits per heavy atom. The molecule has 1 aromatic heterocycles. The number of benzene rings is 1. The highest BCUT2D eigenvalue weighted by molar-refractivity contribution is 5.91. The zero-order valence-corrected chi connectivity index (χ0v) is 9.57. The van der Waals surface area contributed by atoms with E-state index in [1.165, 1.54) is 5.56 Å². The van der Waals surface area contributed by atoms with Crippen LogP contribution in [0, 0.1) is 0 Å². The number of hydrogen-bond donors (Lipinski definition) is 1. The molecule has 0 fully saturated rings. The molecule has 2 aromatic rings. The van der Waals surface area contributed by atoms with Crippen LogP contribution in [-0.2, 0) is 0 Å². The van der Waals surface area contributed by atoms with Gasteiger partial charge in [0.05, 0.1) is 5.52 Å². The lowest BCUT2D eigenvalue weighted by Gasteiger charge is -2.11. The summed E-state index contributed by atoms with van der Waals surface area (Å²) in [5, 5.41) is 10.6. The van der Waals surface area contributed by atoms with E-state index in [2.05, 4.69) is 25.4 Å². The predicted molar refractivity (Wildman–Crippen MR) is 67.5 cm³/mol.